The number of anilines is 2. The molecule has 3 rings (SSSR count). The zero-order valence-corrected chi connectivity index (χ0v) is 15.4. The zero-order valence-electron chi connectivity index (χ0n) is 14.6. The van der Waals surface area contributed by atoms with E-state index in [1.165, 1.54) is 40.7 Å². The van der Waals surface area contributed by atoms with Crippen molar-refractivity contribution in [2.24, 2.45) is 0 Å². The van der Waals surface area contributed by atoms with Gasteiger partial charge >= 0.3 is 6.36 Å². The van der Waals surface area contributed by atoms with Gasteiger partial charge in [-0.3, -0.25) is 0 Å². The molecule has 0 bridgehead atoms. The third-order valence-electron chi connectivity index (χ3n) is 3.17. The van der Waals surface area contributed by atoms with Gasteiger partial charge in [-0.15, -0.1) is 18.3 Å². The summed E-state index contributed by atoms with van der Waals surface area (Å²) < 4.78 is 42.0. The lowest BCUT2D eigenvalue weighted by atomic mass is 10.3. The van der Waals surface area contributed by atoms with Crippen LogP contribution in [0.5, 0.6) is 5.75 Å². The van der Waals surface area contributed by atoms with Crippen molar-refractivity contribution in [3.05, 3.63) is 30.1 Å². The molecule has 0 aliphatic heterocycles. The first-order valence-corrected chi connectivity index (χ1v) is 8.65. The van der Waals surface area contributed by atoms with E-state index in [-0.39, 0.29) is 11.7 Å². The van der Waals surface area contributed by atoms with Crippen LogP contribution in [0.2, 0.25) is 0 Å². The van der Waals surface area contributed by atoms with Crippen molar-refractivity contribution in [2.75, 3.05) is 24.7 Å². The summed E-state index contributed by atoms with van der Waals surface area (Å²) in [7, 11) is 3.55. The van der Waals surface area contributed by atoms with Gasteiger partial charge in [-0.25, -0.2) is 0 Å². The number of thioether (sulfide) groups is 1. The number of alkyl halides is 3. The average molecular weight is 413 g/mol. The van der Waals surface area contributed by atoms with Gasteiger partial charge in [0.05, 0.1) is 11.4 Å². The number of hydrogen-bond donors (Lipinski definition) is 1. The number of rotatable bonds is 6. The minimum atomic E-state index is -4.75. The first-order valence-electron chi connectivity index (χ1n) is 7.66. The maximum Gasteiger partial charge on any atom is 0.573 e. The lowest BCUT2D eigenvalue weighted by Crippen LogP contribution is -2.17. The second kappa shape index (κ2) is 7.84. The Bertz CT molecular complexity index is 946. The molecule has 0 amide bonds. The van der Waals surface area contributed by atoms with Gasteiger partial charge < -0.3 is 15.4 Å². The molecule has 0 atom stereocenters. The smallest absolute Gasteiger partial charge is 0.406 e. The molecular formula is C14H14F3N9OS. The van der Waals surface area contributed by atoms with Gasteiger partial charge in [-0.2, -0.15) is 19.6 Å². The maximum atomic E-state index is 12.3. The van der Waals surface area contributed by atoms with Crippen molar-refractivity contribution in [3.8, 4) is 11.4 Å². The monoisotopic (exact) mass is 413 g/mol. The molecule has 1 aromatic carbocycles. The summed E-state index contributed by atoms with van der Waals surface area (Å²) in [6, 6.07) is 5.17. The van der Waals surface area contributed by atoms with Crippen molar-refractivity contribution in [2.45, 2.75) is 17.3 Å². The minimum Gasteiger partial charge on any atom is -0.406 e. The molecule has 0 aliphatic rings. The molecule has 0 radical (unpaired) electrons. The Kier molecular flexibility index (Phi) is 5.48. The van der Waals surface area contributed by atoms with Gasteiger partial charge in [0, 0.05) is 14.1 Å². The van der Waals surface area contributed by atoms with E-state index in [0.717, 1.165) is 0 Å². The quantitative estimate of drug-likeness (QED) is 0.598. The number of nitrogen functional groups attached to an aromatic ring is 1. The Labute approximate surface area is 160 Å². The molecule has 10 nitrogen and oxygen atoms in total. The number of aromatic nitrogens is 7. The van der Waals surface area contributed by atoms with E-state index in [1.807, 2.05) is 0 Å². The molecule has 0 saturated carbocycles. The van der Waals surface area contributed by atoms with Crippen LogP contribution in [0.1, 0.15) is 5.82 Å². The fourth-order valence-corrected chi connectivity index (χ4v) is 2.78. The van der Waals surface area contributed by atoms with Crippen LogP contribution in [0.3, 0.4) is 0 Å². The van der Waals surface area contributed by atoms with Crippen molar-refractivity contribution in [1.29, 1.82) is 0 Å². The highest BCUT2D eigenvalue weighted by atomic mass is 32.2. The second-order valence-electron chi connectivity index (χ2n) is 5.51. The molecule has 148 valence electrons. The fraction of sp³-hybridized carbons (Fsp3) is 0.286. The number of halogens is 3. The molecule has 2 N–H and O–H groups in total. The average Bonchev–Trinajstić information content (AvgIpc) is 3.07. The van der Waals surface area contributed by atoms with Crippen molar-refractivity contribution in [3.63, 3.8) is 0 Å². The molecule has 0 unspecified atom stereocenters. The zero-order chi connectivity index (χ0) is 20.3. The van der Waals surface area contributed by atoms with E-state index in [4.69, 9.17) is 5.73 Å². The number of tetrazole rings is 1. The van der Waals surface area contributed by atoms with Crippen LogP contribution in [0.4, 0.5) is 25.1 Å². The summed E-state index contributed by atoms with van der Waals surface area (Å²) in [5.41, 5.74) is 6.15. The van der Waals surface area contributed by atoms with Crippen LogP contribution >= 0.6 is 11.8 Å². The number of nitrogens with two attached hydrogens (primary N) is 1. The number of nitrogens with zero attached hydrogens (tertiary/aromatic N) is 8. The third kappa shape index (κ3) is 4.97. The van der Waals surface area contributed by atoms with Gasteiger partial charge in [0.2, 0.25) is 17.1 Å². The van der Waals surface area contributed by atoms with Crippen molar-refractivity contribution in [1.82, 2.24) is 35.2 Å². The summed E-state index contributed by atoms with van der Waals surface area (Å²) in [5.74, 6) is 0.917. The van der Waals surface area contributed by atoms with Crippen LogP contribution in [-0.4, -0.2) is 55.6 Å². The molecule has 14 heteroatoms. The highest BCUT2D eigenvalue weighted by Crippen LogP contribution is 2.26. The van der Waals surface area contributed by atoms with Crippen LogP contribution in [0, 0.1) is 0 Å². The summed E-state index contributed by atoms with van der Waals surface area (Å²) in [6.07, 6.45) is -4.75. The van der Waals surface area contributed by atoms with E-state index in [2.05, 4.69) is 35.2 Å². The van der Waals surface area contributed by atoms with Crippen LogP contribution in [0.25, 0.3) is 5.69 Å². The van der Waals surface area contributed by atoms with Gasteiger partial charge in [-0.05, 0) is 34.7 Å². The van der Waals surface area contributed by atoms with Gasteiger partial charge in [-0.1, -0.05) is 11.8 Å². The Balaban J connectivity index is 1.74. The summed E-state index contributed by atoms with van der Waals surface area (Å²) >= 11 is 1.23. The molecule has 2 aromatic heterocycles. The molecule has 28 heavy (non-hydrogen) atoms. The Morgan fingerprint density at radius 3 is 2.50 bits per heavy atom. The van der Waals surface area contributed by atoms with E-state index in [0.29, 0.717) is 28.4 Å². The van der Waals surface area contributed by atoms with E-state index in [9.17, 15) is 13.2 Å². The van der Waals surface area contributed by atoms with Crippen LogP contribution < -0.4 is 15.4 Å². The summed E-state index contributed by atoms with van der Waals surface area (Å²) in [6.45, 7) is 0. The Hall–Kier alpha value is -3.16. The number of benzene rings is 1. The minimum absolute atomic E-state index is 0.0918. The van der Waals surface area contributed by atoms with E-state index < -0.39 is 6.36 Å². The van der Waals surface area contributed by atoms with Crippen LogP contribution in [-0.2, 0) is 5.75 Å². The van der Waals surface area contributed by atoms with Gasteiger partial charge in [0.1, 0.15) is 11.6 Å². The normalized spacial score (nSPS) is 11.5. The predicted octanol–water partition coefficient (Wildman–Crippen LogP) is 1.69. The molecule has 0 saturated heterocycles. The first kappa shape index (κ1) is 19.6. The number of ether oxygens (including phenoxy) is 1. The topological polar surface area (TPSA) is 121 Å². The first-order chi connectivity index (χ1) is 13.2. The largest absolute Gasteiger partial charge is 0.573 e. The molecule has 0 aliphatic carbocycles. The standard InChI is InChI=1S/C14H14F3N9OS/c1-25(2)12-20-10(19-11(18)21-12)7-28-13-22-23-24-26(13)8-3-5-9(6-4-8)27-14(15,16)17/h3-6H,7H2,1-2H3,(H2,18,19,20,21). The molecule has 0 fully saturated rings. The maximum absolute atomic E-state index is 12.3. The third-order valence-corrected chi connectivity index (χ3v) is 4.09. The lowest BCUT2D eigenvalue weighted by molar-refractivity contribution is -0.274. The van der Waals surface area contributed by atoms with Gasteiger partial charge in [0.15, 0.2) is 0 Å². The lowest BCUT2D eigenvalue weighted by Gasteiger charge is -2.11. The summed E-state index contributed by atoms with van der Waals surface area (Å²) in [4.78, 5) is 14.1. The van der Waals surface area contributed by atoms with Crippen molar-refractivity contribution < 1.29 is 17.9 Å². The molecule has 2 heterocycles. The number of hydrogen-bond acceptors (Lipinski definition) is 10. The van der Waals surface area contributed by atoms with E-state index >= 15 is 0 Å². The molecular weight excluding hydrogens is 399 g/mol. The van der Waals surface area contributed by atoms with E-state index in [1.54, 1.807) is 19.0 Å². The predicted molar refractivity (Wildman–Crippen MR) is 94.0 cm³/mol. The fourth-order valence-electron chi connectivity index (χ4n) is 2.04. The van der Waals surface area contributed by atoms with Crippen molar-refractivity contribution >= 4 is 23.7 Å². The Morgan fingerprint density at radius 1 is 1.14 bits per heavy atom. The summed E-state index contributed by atoms with van der Waals surface area (Å²) in [5, 5.41) is 11.8. The molecule has 3 aromatic rings. The highest BCUT2D eigenvalue weighted by molar-refractivity contribution is 7.98. The van der Waals surface area contributed by atoms with Crippen LogP contribution in [0.15, 0.2) is 29.4 Å². The second-order valence-corrected chi connectivity index (χ2v) is 6.45. The molecule has 0 spiro atoms. The Morgan fingerprint density at radius 2 is 1.86 bits per heavy atom. The SMILES string of the molecule is CN(C)c1nc(N)nc(CSc2nnnn2-c2ccc(OC(F)(F)F)cc2)n1. The van der Waals surface area contributed by atoms with Gasteiger partial charge in [0.25, 0.3) is 0 Å². The highest BCUT2D eigenvalue weighted by Gasteiger charge is 2.31.